The summed E-state index contributed by atoms with van der Waals surface area (Å²) < 4.78 is 10.9. The molecule has 1 saturated heterocycles. The normalized spacial score (nSPS) is 23.6. The summed E-state index contributed by atoms with van der Waals surface area (Å²) in [5.41, 5.74) is 6.59. The summed E-state index contributed by atoms with van der Waals surface area (Å²) in [6.45, 7) is 8.29. The lowest BCUT2D eigenvalue weighted by molar-refractivity contribution is -0.0756. The van der Waals surface area contributed by atoms with Gasteiger partial charge in [0.2, 0.25) is 0 Å². The molecule has 1 rings (SSSR count). The molecular weight excluding hydrogens is 292 g/mol. The van der Waals surface area contributed by atoms with Crippen LogP contribution in [0.4, 0.5) is 4.79 Å². The Morgan fingerprint density at radius 3 is 2.64 bits per heavy atom. The van der Waals surface area contributed by atoms with Crippen LogP contribution in [-0.4, -0.2) is 63.9 Å². The summed E-state index contributed by atoms with van der Waals surface area (Å²) in [6, 6.07) is -0.797. The van der Waals surface area contributed by atoms with Gasteiger partial charge < -0.3 is 19.7 Å². The summed E-state index contributed by atoms with van der Waals surface area (Å²) in [6.07, 6.45) is -3.27. The Bertz CT molecular complexity index is 456. The zero-order chi connectivity index (χ0) is 17.1. The van der Waals surface area contributed by atoms with Gasteiger partial charge in [-0.25, -0.2) is 4.79 Å². The highest BCUT2D eigenvalue weighted by molar-refractivity contribution is 5.70. The minimum atomic E-state index is -1.32. The van der Waals surface area contributed by atoms with Crippen molar-refractivity contribution in [3.8, 4) is 0 Å². The number of aliphatic hydroxyl groups excluding tert-OH is 2. The van der Waals surface area contributed by atoms with Crippen molar-refractivity contribution in [2.24, 2.45) is 5.11 Å². The average Bonchev–Trinajstić information content (AvgIpc) is 2.68. The molecule has 9 heteroatoms. The quantitative estimate of drug-likeness (QED) is 0.460. The first-order valence-electron chi connectivity index (χ1n) is 7.03. The third kappa shape index (κ3) is 4.48. The molecule has 0 radical (unpaired) electrons. The molecule has 0 saturated carbocycles. The predicted molar refractivity (Wildman–Crippen MR) is 77.9 cm³/mol. The molecule has 0 unspecified atom stereocenters. The summed E-state index contributed by atoms with van der Waals surface area (Å²) >= 11 is 0. The molecule has 1 aliphatic heterocycles. The first kappa shape index (κ1) is 18.5. The van der Waals surface area contributed by atoms with Crippen molar-refractivity contribution in [2.45, 2.75) is 64.2 Å². The van der Waals surface area contributed by atoms with Crippen molar-refractivity contribution in [3.05, 3.63) is 10.4 Å². The highest BCUT2D eigenvalue weighted by Crippen LogP contribution is 2.31. The van der Waals surface area contributed by atoms with E-state index in [1.807, 2.05) is 0 Å². The van der Waals surface area contributed by atoms with Crippen molar-refractivity contribution >= 4 is 6.09 Å². The van der Waals surface area contributed by atoms with Gasteiger partial charge in [-0.05, 0) is 40.1 Å². The van der Waals surface area contributed by atoms with E-state index in [9.17, 15) is 15.0 Å². The number of azide groups is 1. The number of hydrogen-bond donors (Lipinski definition) is 2. The van der Waals surface area contributed by atoms with Crippen molar-refractivity contribution < 1.29 is 24.5 Å². The van der Waals surface area contributed by atoms with Gasteiger partial charge in [0.1, 0.15) is 17.4 Å². The third-order valence-electron chi connectivity index (χ3n) is 3.23. The average molecular weight is 316 g/mol. The monoisotopic (exact) mass is 316 g/mol. The zero-order valence-corrected chi connectivity index (χ0v) is 13.6. The molecule has 126 valence electrons. The van der Waals surface area contributed by atoms with Gasteiger partial charge >= 0.3 is 6.09 Å². The number of carbonyl (C=O) groups is 1. The van der Waals surface area contributed by atoms with Crippen LogP contribution < -0.4 is 0 Å². The highest BCUT2D eigenvalue weighted by Gasteiger charge is 2.49. The van der Waals surface area contributed by atoms with Crippen LogP contribution in [0.25, 0.3) is 10.4 Å². The van der Waals surface area contributed by atoms with Gasteiger partial charge in [-0.15, -0.1) is 0 Å². The van der Waals surface area contributed by atoms with Crippen molar-refractivity contribution in [3.63, 3.8) is 0 Å². The molecule has 2 N–H and O–H groups in total. The summed E-state index contributed by atoms with van der Waals surface area (Å²) in [5.74, 6) is 0. The molecule has 0 bridgehead atoms. The molecule has 1 amide bonds. The van der Waals surface area contributed by atoms with Crippen molar-refractivity contribution in [1.82, 2.24) is 4.90 Å². The molecule has 22 heavy (non-hydrogen) atoms. The van der Waals surface area contributed by atoms with Gasteiger partial charge in [0.25, 0.3) is 0 Å². The summed E-state index contributed by atoms with van der Waals surface area (Å²) in [7, 11) is 0. The van der Waals surface area contributed by atoms with Crippen LogP contribution >= 0.6 is 0 Å². The van der Waals surface area contributed by atoms with Crippen LogP contribution in [0.5, 0.6) is 0 Å². The lowest BCUT2D eigenvalue weighted by Gasteiger charge is -2.37. The fourth-order valence-corrected chi connectivity index (χ4v) is 2.23. The van der Waals surface area contributed by atoms with E-state index in [1.54, 1.807) is 34.6 Å². The van der Waals surface area contributed by atoms with E-state index in [0.29, 0.717) is 0 Å². The Morgan fingerprint density at radius 1 is 1.55 bits per heavy atom. The van der Waals surface area contributed by atoms with Gasteiger partial charge in [-0.3, -0.25) is 4.90 Å². The number of amides is 1. The van der Waals surface area contributed by atoms with Gasteiger partial charge in [0.15, 0.2) is 0 Å². The molecular formula is C13H24N4O5. The minimum absolute atomic E-state index is 0.0424. The van der Waals surface area contributed by atoms with E-state index < -0.39 is 35.7 Å². The van der Waals surface area contributed by atoms with E-state index in [1.165, 1.54) is 4.90 Å². The number of ether oxygens (including phenoxy) is 2. The largest absolute Gasteiger partial charge is 0.444 e. The van der Waals surface area contributed by atoms with E-state index in [0.717, 1.165) is 0 Å². The zero-order valence-electron chi connectivity index (χ0n) is 13.6. The Kier molecular flexibility index (Phi) is 5.64. The number of carbonyl (C=O) groups excluding carboxylic acids is 1. The molecule has 1 aliphatic rings. The van der Waals surface area contributed by atoms with Gasteiger partial charge in [-0.2, -0.15) is 0 Å². The molecule has 1 heterocycles. The SMILES string of the molecule is CC(C)(C)OC(=O)N1[C@H]([C@H](O)[C@@H](O)CN=[N+]=[N-])COC1(C)C. The molecule has 9 nitrogen and oxygen atoms in total. The minimum Gasteiger partial charge on any atom is -0.444 e. The van der Waals surface area contributed by atoms with Crippen LogP contribution in [0.15, 0.2) is 5.11 Å². The van der Waals surface area contributed by atoms with Crippen LogP contribution in [-0.2, 0) is 9.47 Å². The maximum absolute atomic E-state index is 12.4. The van der Waals surface area contributed by atoms with Crippen LogP contribution in [0.1, 0.15) is 34.6 Å². The molecule has 0 spiro atoms. The predicted octanol–water partition coefficient (Wildman–Crippen LogP) is 1.39. The second-order valence-electron chi connectivity index (χ2n) is 6.65. The topological polar surface area (TPSA) is 128 Å². The van der Waals surface area contributed by atoms with Crippen LogP contribution in [0.3, 0.4) is 0 Å². The Hall–Kier alpha value is -1.54. The Labute approximate surface area is 129 Å². The lowest BCUT2D eigenvalue weighted by atomic mass is 10.0. The van der Waals surface area contributed by atoms with Crippen LogP contribution in [0, 0.1) is 0 Å². The fraction of sp³-hybridized carbons (Fsp3) is 0.923. The van der Waals surface area contributed by atoms with Crippen molar-refractivity contribution in [1.29, 1.82) is 0 Å². The van der Waals surface area contributed by atoms with E-state index in [-0.39, 0.29) is 13.2 Å². The Balaban J connectivity index is 2.93. The second-order valence-corrected chi connectivity index (χ2v) is 6.65. The standard InChI is InChI=1S/C13H24N4O5/c1-12(2,3)22-11(20)17-8(7-21-13(17,4)5)10(19)9(18)6-15-16-14/h8-10,18-19H,6-7H2,1-5H3/t8-,9-,10-/m0/s1. The lowest BCUT2D eigenvalue weighted by Crippen LogP contribution is -2.56. The fourth-order valence-electron chi connectivity index (χ4n) is 2.23. The third-order valence-corrected chi connectivity index (χ3v) is 3.23. The Morgan fingerprint density at radius 2 is 2.14 bits per heavy atom. The molecule has 0 aliphatic carbocycles. The van der Waals surface area contributed by atoms with Crippen molar-refractivity contribution in [2.75, 3.05) is 13.2 Å². The maximum Gasteiger partial charge on any atom is 0.412 e. The first-order chi connectivity index (χ1) is 9.99. The summed E-state index contributed by atoms with van der Waals surface area (Å²) in [4.78, 5) is 16.2. The van der Waals surface area contributed by atoms with E-state index in [2.05, 4.69) is 10.0 Å². The number of nitrogens with zero attached hydrogens (tertiary/aromatic N) is 4. The smallest absolute Gasteiger partial charge is 0.412 e. The maximum atomic E-state index is 12.4. The van der Waals surface area contributed by atoms with Gasteiger partial charge in [-0.1, -0.05) is 5.11 Å². The second kappa shape index (κ2) is 6.70. The number of aliphatic hydroxyl groups is 2. The number of rotatable bonds is 4. The number of hydrogen-bond acceptors (Lipinski definition) is 6. The van der Waals surface area contributed by atoms with E-state index >= 15 is 0 Å². The molecule has 1 fully saturated rings. The van der Waals surface area contributed by atoms with E-state index in [4.69, 9.17) is 15.0 Å². The molecule has 3 atom stereocenters. The van der Waals surface area contributed by atoms with Crippen LogP contribution in [0.2, 0.25) is 0 Å². The summed E-state index contributed by atoms with van der Waals surface area (Å²) in [5, 5.41) is 23.3. The van der Waals surface area contributed by atoms with Gasteiger partial charge in [0, 0.05) is 4.91 Å². The van der Waals surface area contributed by atoms with Gasteiger partial charge in [0.05, 0.1) is 25.3 Å². The first-order valence-corrected chi connectivity index (χ1v) is 7.03. The molecule has 0 aromatic heterocycles. The highest BCUT2D eigenvalue weighted by atomic mass is 16.6. The molecule has 0 aromatic rings. The molecule has 0 aromatic carbocycles.